The predicted octanol–water partition coefficient (Wildman–Crippen LogP) is 3.10. The van der Waals surface area contributed by atoms with Crippen LogP contribution in [0.25, 0.3) is 10.9 Å². The summed E-state index contributed by atoms with van der Waals surface area (Å²) in [4.78, 5) is 30.3. The molecule has 5 heteroatoms. The van der Waals surface area contributed by atoms with E-state index in [0.717, 1.165) is 30.6 Å². The molecule has 1 aromatic heterocycles. The average Bonchev–Trinajstić information content (AvgIpc) is 3.20. The minimum atomic E-state index is -0.269. The van der Waals surface area contributed by atoms with Gasteiger partial charge in [-0.3, -0.25) is 9.59 Å². The summed E-state index contributed by atoms with van der Waals surface area (Å²) < 4.78 is 0. The average molecular weight is 361 g/mol. The second-order valence-electron chi connectivity index (χ2n) is 7.04. The van der Waals surface area contributed by atoms with Crippen molar-refractivity contribution in [1.29, 1.82) is 0 Å². The number of pyridine rings is 1. The number of H-pyrrole nitrogens is 1. The monoisotopic (exact) mass is 361 g/mol. The second kappa shape index (κ2) is 7.76. The summed E-state index contributed by atoms with van der Waals surface area (Å²) in [5.74, 6) is -0.217. The van der Waals surface area contributed by atoms with Crippen molar-refractivity contribution in [2.24, 2.45) is 0 Å². The first-order chi connectivity index (χ1) is 13.2. The first kappa shape index (κ1) is 17.5. The van der Waals surface area contributed by atoms with Gasteiger partial charge in [0.2, 0.25) is 5.56 Å². The van der Waals surface area contributed by atoms with Gasteiger partial charge in [-0.15, -0.1) is 0 Å². The molecule has 0 radical (unpaired) electrons. The number of carbonyl (C=O) groups excluding carboxylic acids is 1. The molecule has 0 aliphatic carbocycles. The van der Waals surface area contributed by atoms with Crippen LogP contribution in [0.5, 0.6) is 0 Å². The highest BCUT2D eigenvalue weighted by atomic mass is 16.2. The number of carbonyl (C=O) groups is 1. The Balaban J connectivity index is 1.64. The Morgan fingerprint density at radius 2 is 1.74 bits per heavy atom. The highest BCUT2D eigenvalue weighted by molar-refractivity contribution is 6.06. The summed E-state index contributed by atoms with van der Waals surface area (Å²) in [5, 5.41) is 3.91. The van der Waals surface area contributed by atoms with E-state index in [4.69, 9.17) is 0 Å². The Kier molecular flexibility index (Phi) is 5.03. The van der Waals surface area contributed by atoms with Crippen molar-refractivity contribution in [2.75, 3.05) is 19.6 Å². The molecule has 1 saturated heterocycles. The van der Waals surface area contributed by atoms with E-state index in [1.807, 2.05) is 54.6 Å². The lowest BCUT2D eigenvalue weighted by Gasteiger charge is -2.25. The summed E-state index contributed by atoms with van der Waals surface area (Å²) in [5.41, 5.74) is 1.89. The number of aromatic amines is 1. The fourth-order valence-electron chi connectivity index (χ4n) is 3.77. The number of nitrogens with zero attached hydrogens (tertiary/aromatic N) is 1. The normalized spacial score (nSPS) is 15.7. The summed E-state index contributed by atoms with van der Waals surface area (Å²) in [7, 11) is 0. The van der Waals surface area contributed by atoms with E-state index >= 15 is 0 Å². The Morgan fingerprint density at radius 1 is 1.04 bits per heavy atom. The number of hydrogen-bond donors (Lipinski definition) is 2. The van der Waals surface area contributed by atoms with Crippen molar-refractivity contribution in [1.82, 2.24) is 15.2 Å². The predicted molar refractivity (Wildman–Crippen MR) is 107 cm³/mol. The SMILES string of the molecule is O=C(N[C@H](CN1CCCC1)c1ccccc1)c1cc(=O)[nH]c2ccccc12. The molecule has 2 N–H and O–H groups in total. The van der Waals surface area contributed by atoms with Gasteiger partial charge in [-0.05, 0) is 37.6 Å². The van der Waals surface area contributed by atoms with Crippen molar-refractivity contribution in [3.63, 3.8) is 0 Å². The van der Waals surface area contributed by atoms with E-state index in [1.165, 1.54) is 18.9 Å². The molecule has 0 bridgehead atoms. The molecule has 27 heavy (non-hydrogen) atoms. The number of fused-ring (bicyclic) bond motifs is 1. The van der Waals surface area contributed by atoms with Crippen LogP contribution in [0.2, 0.25) is 0 Å². The van der Waals surface area contributed by atoms with Gasteiger partial charge in [-0.1, -0.05) is 48.5 Å². The number of rotatable bonds is 5. The van der Waals surface area contributed by atoms with Crippen LogP contribution in [0.15, 0.2) is 65.5 Å². The number of amides is 1. The number of likely N-dealkylation sites (tertiary alicyclic amines) is 1. The Hall–Kier alpha value is -2.92. The lowest BCUT2D eigenvalue weighted by atomic mass is 10.0. The minimum absolute atomic E-state index is 0.116. The summed E-state index contributed by atoms with van der Waals surface area (Å²) in [6, 6.07) is 18.7. The van der Waals surface area contributed by atoms with Crippen molar-refractivity contribution < 1.29 is 4.79 Å². The molecule has 1 amide bonds. The van der Waals surface area contributed by atoms with Gasteiger partial charge in [0, 0.05) is 23.5 Å². The zero-order chi connectivity index (χ0) is 18.6. The molecule has 0 spiro atoms. The highest BCUT2D eigenvalue weighted by Crippen LogP contribution is 2.20. The molecule has 0 saturated carbocycles. The summed E-state index contributed by atoms with van der Waals surface area (Å²) >= 11 is 0. The Morgan fingerprint density at radius 3 is 2.52 bits per heavy atom. The molecule has 0 unspecified atom stereocenters. The zero-order valence-corrected chi connectivity index (χ0v) is 15.2. The molecule has 1 atom stereocenters. The minimum Gasteiger partial charge on any atom is -0.344 e. The van der Waals surface area contributed by atoms with Crippen molar-refractivity contribution in [3.05, 3.63) is 82.1 Å². The van der Waals surface area contributed by atoms with E-state index < -0.39 is 0 Å². The third kappa shape index (κ3) is 3.93. The second-order valence-corrected chi connectivity index (χ2v) is 7.04. The number of aromatic nitrogens is 1. The van der Waals surface area contributed by atoms with Crippen LogP contribution in [0, 0.1) is 0 Å². The molecular weight excluding hydrogens is 338 g/mol. The van der Waals surface area contributed by atoms with Gasteiger partial charge in [-0.2, -0.15) is 0 Å². The van der Waals surface area contributed by atoms with Gasteiger partial charge in [-0.25, -0.2) is 0 Å². The third-order valence-corrected chi connectivity index (χ3v) is 5.14. The summed E-state index contributed by atoms with van der Waals surface area (Å²) in [6.07, 6.45) is 2.41. The molecule has 1 aliphatic rings. The van der Waals surface area contributed by atoms with Gasteiger partial charge >= 0.3 is 0 Å². The number of benzene rings is 2. The van der Waals surface area contributed by atoms with Crippen LogP contribution < -0.4 is 10.9 Å². The van der Waals surface area contributed by atoms with Crippen LogP contribution in [-0.2, 0) is 0 Å². The Labute approximate surface area is 158 Å². The molecule has 4 rings (SSSR count). The van der Waals surface area contributed by atoms with Gasteiger partial charge in [0.1, 0.15) is 0 Å². The van der Waals surface area contributed by atoms with Crippen LogP contribution in [0.1, 0.15) is 34.8 Å². The topological polar surface area (TPSA) is 65.2 Å². The molecule has 3 aromatic rings. The van der Waals surface area contributed by atoms with Gasteiger partial charge in [0.15, 0.2) is 0 Å². The van der Waals surface area contributed by atoms with E-state index in [2.05, 4.69) is 15.2 Å². The Bertz CT molecular complexity index is 991. The molecule has 5 nitrogen and oxygen atoms in total. The standard InChI is InChI=1S/C22H23N3O2/c26-21-14-18(17-10-4-5-11-19(17)23-21)22(27)24-20(15-25-12-6-7-13-25)16-8-2-1-3-9-16/h1-5,8-11,14,20H,6-7,12-13,15H2,(H,23,26)(H,24,27)/t20-/m1/s1. The van der Waals surface area contributed by atoms with Crippen molar-refractivity contribution in [3.8, 4) is 0 Å². The van der Waals surface area contributed by atoms with E-state index in [9.17, 15) is 9.59 Å². The number of nitrogens with one attached hydrogen (secondary N) is 2. The molecule has 138 valence electrons. The van der Waals surface area contributed by atoms with Crippen LogP contribution in [-0.4, -0.2) is 35.4 Å². The molecule has 2 heterocycles. The highest BCUT2D eigenvalue weighted by Gasteiger charge is 2.22. The maximum atomic E-state index is 13.1. The van der Waals surface area contributed by atoms with Gasteiger partial charge in [0.25, 0.3) is 5.91 Å². The van der Waals surface area contributed by atoms with Gasteiger partial charge < -0.3 is 15.2 Å². The molecule has 1 fully saturated rings. The van der Waals surface area contributed by atoms with Crippen molar-refractivity contribution >= 4 is 16.8 Å². The van der Waals surface area contributed by atoms with Crippen molar-refractivity contribution in [2.45, 2.75) is 18.9 Å². The van der Waals surface area contributed by atoms with Gasteiger partial charge in [0.05, 0.1) is 11.6 Å². The first-order valence-electron chi connectivity index (χ1n) is 9.41. The third-order valence-electron chi connectivity index (χ3n) is 5.14. The largest absolute Gasteiger partial charge is 0.344 e. The number of hydrogen-bond acceptors (Lipinski definition) is 3. The quantitative estimate of drug-likeness (QED) is 0.734. The fraction of sp³-hybridized carbons (Fsp3) is 0.273. The molecular formula is C22H23N3O2. The van der Waals surface area contributed by atoms with Crippen LogP contribution >= 0.6 is 0 Å². The lowest BCUT2D eigenvalue weighted by Crippen LogP contribution is -2.37. The van der Waals surface area contributed by atoms with Crippen LogP contribution in [0.3, 0.4) is 0 Å². The maximum Gasteiger partial charge on any atom is 0.252 e. The number of para-hydroxylation sites is 1. The maximum absolute atomic E-state index is 13.1. The van der Waals surface area contributed by atoms with E-state index in [0.29, 0.717) is 11.1 Å². The zero-order valence-electron chi connectivity index (χ0n) is 15.2. The van der Waals surface area contributed by atoms with Crippen LogP contribution in [0.4, 0.5) is 0 Å². The summed E-state index contributed by atoms with van der Waals surface area (Å²) in [6.45, 7) is 2.90. The van der Waals surface area contributed by atoms with E-state index in [-0.39, 0.29) is 17.5 Å². The lowest BCUT2D eigenvalue weighted by molar-refractivity contribution is 0.0928. The van der Waals surface area contributed by atoms with E-state index in [1.54, 1.807) is 0 Å². The first-order valence-corrected chi connectivity index (χ1v) is 9.41. The molecule has 1 aliphatic heterocycles. The fourth-order valence-corrected chi connectivity index (χ4v) is 3.77. The molecule has 2 aromatic carbocycles. The smallest absolute Gasteiger partial charge is 0.252 e.